The van der Waals surface area contributed by atoms with E-state index in [1.807, 2.05) is 19.9 Å². The lowest BCUT2D eigenvalue weighted by molar-refractivity contribution is -0.152. The van der Waals surface area contributed by atoms with Crippen molar-refractivity contribution in [2.75, 3.05) is 18.9 Å². The first-order valence-electron chi connectivity index (χ1n) is 9.03. The molecule has 1 atom stereocenters. The van der Waals surface area contributed by atoms with Gasteiger partial charge in [0.15, 0.2) is 0 Å². The SMILES string of the molecule is C=CC(=O)N1CC(C)(C)OCC1c1cc(/C=C(\N)c2ccccc2O)c(N)[nH]1. The summed E-state index contributed by atoms with van der Waals surface area (Å²) < 4.78 is 5.91. The average Bonchev–Trinajstić information content (AvgIpc) is 3.00. The molecule has 2 aromatic rings. The number of aromatic hydroxyl groups is 1. The number of para-hydroxylation sites is 1. The number of anilines is 1. The molecule has 2 heterocycles. The highest BCUT2D eigenvalue weighted by Gasteiger charge is 2.37. The van der Waals surface area contributed by atoms with E-state index in [0.29, 0.717) is 35.8 Å². The zero-order valence-electron chi connectivity index (χ0n) is 16.1. The van der Waals surface area contributed by atoms with Gasteiger partial charge in [-0.15, -0.1) is 0 Å². The van der Waals surface area contributed by atoms with Gasteiger partial charge in [-0.05, 0) is 44.2 Å². The lowest BCUT2D eigenvalue weighted by Crippen LogP contribution is -2.51. The van der Waals surface area contributed by atoms with Crippen molar-refractivity contribution >= 4 is 23.5 Å². The van der Waals surface area contributed by atoms with Crippen LogP contribution in [0.4, 0.5) is 5.82 Å². The van der Waals surface area contributed by atoms with Crippen LogP contribution in [0.5, 0.6) is 5.75 Å². The number of benzene rings is 1. The molecule has 7 heteroatoms. The summed E-state index contributed by atoms with van der Waals surface area (Å²) in [4.78, 5) is 17.2. The van der Waals surface area contributed by atoms with E-state index in [1.165, 1.54) is 6.08 Å². The van der Waals surface area contributed by atoms with Gasteiger partial charge in [-0.2, -0.15) is 0 Å². The molecule has 148 valence electrons. The molecule has 0 aliphatic carbocycles. The monoisotopic (exact) mass is 382 g/mol. The first-order valence-corrected chi connectivity index (χ1v) is 9.03. The van der Waals surface area contributed by atoms with Gasteiger partial charge < -0.3 is 31.2 Å². The molecule has 6 N–H and O–H groups in total. The normalized spacial score (nSPS) is 19.4. The van der Waals surface area contributed by atoms with Crippen molar-refractivity contribution in [2.24, 2.45) is 5.73 Å². The number of nitrogens with one attached hydrogen (secondary N) is 1. The molecule has 7 nitrogen and oxygen atoms in total. The van der Waals surface area contributed by atoms with Crippen LogP contribution in [-0.2, 0) is 9.53 Å². The molecule has 1 unspecified atom stereocenters. The maximum Gasteiger partial charge on any atom is 0.246 e. The molecular formula is C21H26N4O3. The first-order chi connectivity index (χ1) is 13.2. The molecule has 1 aliphatic rings. The highest BCUT2D eigenvalue weighted by molar-refractivity contribution is 5.88. The van der Waals surface area contributed by atoms with Gasteiger partial charge in [0, 0.05) is 22.5 Å². The zero-order chi connectivity index (χ0) is 20.5. The summed E-state index contributed by atoms with van der Waals surface area (Å²) >= 11 is 0. The summed E-state index contributed by atoms with van der Waals surface area (Å²) in [6.45, 7) is 8.26. The van der Waals surface area contributed by atoms with E-state index in [4.69, 9.17) is 16.2 Å². The second-order valence-corrected chi connectivity index (χ2v) is 7.47. The van der Waals surface area contributed by atoms with Crippen LogP contribution in [-0.4, -0.2) is 39.7 Å². The number of nitrogens with two attached hydrogens (primary N) is 2. The van der Waals surface area contributed by atoms with Crippen molar-refractivity contribution in [3.8, 4) is 5.75 Å². The smallest absolute Gasteiger partial charge is 0.246 e. The Bertz CT molecular complexity index is 929. The number of carbonyl (C=O) groups excluding carboxylic acids is 1. The summed E-state index contributed by atoms with van der Waals surface area (Å²) in [5.74, 6) is 0.348. The van der Waals surface area contributed by atoms with Crippen LogP contribution >= 0.6 is 0 Å². The van der Waals surface area contributed by atoms with Crippen LogP contribution in [0, 0.1) is 0 Å². The molecule has 1 amide bonds. The van der Waals surface area contributed by atoms with E-state index in [2.05, 4.69) is 11.6 Å². The molecule has 3 rings (SSSR count). The van der Waals surface area contributed by atoms with Crippen molar-refractivity contribution in [2.45, 2.75) is 25.5 Å². The summed E-state index contributed by atoms with van der Waals surface area (Å²) in [6, 6.07) is 8.35. The minimum absolute atomic E-state index is 0.0937. The van der Waals surface area contributed by atoms with Gasteiger partial charge in [0.05, 0.1) is 24.8 Å². The van der Waals surface area contributed by atoms with Gasteiger partial charge in [0.1, 0.15) is 11.6 Å². The summed E-state index contributed by atoms with van der Waals surface area (Å²) in [6.07, 6.45) is 3.00. The van der Waals surface area contributed by atoms with Gasteiger partial charge in [-0.25, -0.2) is 0 Å². The summed E-state index contributed by atoms with van der Waals surface area (Å²) in [5, 5.41) is 9.98. The molecule has 0 spiro atoms. The average molecular weight is 382 g/mol. The van der Waals surface area contributed by atoms with Crippen molar-refractivity contribution in [3.05, 3.63) is 59.8 Å². The summed E-state index contributed by atoms with van der Waals surface area (Å²) in [7, 11) is 0. The molecule has 1 aliphatic heterocycles. The third-order valence-electron chi connectivity index (χ3n) is 4.80. The van der Waals surface area contributed by atoms with Crippen LogP contribution in [0.1, 0.15) is 36.7 Å². The van der Waals surface area contributed by atoms with Crippen molar-refractivity contribution < 1.29 is 14.6 Å². The number of hydrogen-bond acceptors (Lipinski definition) is 5. The number of amides is 1. The van der Waals surface area contributed by atoms with Gasteiger partial charge in [-0.3, -0.25) is 4.79 Å². The number of hydrogen-bond donors (Lipinski definition) is 4. The number of morpholine rings is 1. The standard InChI is InChI=1S/C21H26N4O3/c1-4-19(27)25-12-21(2,3)28-11-17(25)16-10-13(20(23)24-16)9-15(22)14-7-5-6-8-18(14)26/h4-10,17,24,26H,1,11-12,22-23H2,2-3H3/b15-9-. The van der Waals surface area contributed by atoms with Crippen molar-refractivity contribution in [1.29, 1.82) is 0 Å². The number of nitrogen functional groups attached to an aromatic ring is 1. The third kappa shape index (κ3) is 3.89. The fourth-order valence-corrected chi connectivity index (χ4v) is 3.34. The molecule has 1 aromatic carbocycles. The maximum absolute atomic E-state index is 12.4. The van der Waals surface area contributed by atoms with Crippen molar-refractivity contribution in [1.82, 2.24) is 9.88 Å². The van der Waals surface area contributed by atoms with Crippen LogP contribution in [0.25, 0.3) is 11.8 Å². The predicted octanol–water partition coefficient (Wildman–Crippen LogP) is 2.62. The minimum atomic E-state index is -0.439. The molecule has 0 radical (unpaired) electrons. The van der Waals surface area contributed by atoms with Gasteiger partial charge in [0.25, 0.3) is 0 Å². The number of ether oxygens (including phenoxy) is 1. The second-order valence-electron chi connectivity index (χ2n) is 7.47. The second kappa shape index (κ2) is 7.44. The molecule has 1 saturated heterocycles. The molecule has 1 fully saturated rings. The zero-order valence-corrected chi connectivity index (χ0v) is 16.1. The molecular weight excluding hydrogens is 356 g/mol. The Labute approximate surface area is 164 Å². The Hall–Kier alpha value is -3.19. The molecule has 1 aromatic heterocycles. The van der Waals surface area contributed by atoms with Crippen LogP contribution in [0.2, 0.25) is 0 Å². The molecule has 0 saturated carbocycles. The predicted molar refractivity (Wildman–Crippen MR) is 110 cm³/mol. The lowest BCUT2D eigenvalue weighted by atomic mass is 10.0. The number of aromatic amines is 1. The van der Waals surface area contributed by atoms with Crippen molar-refractivity contribution in [3.63, 3.8) is 0 Å². The quantitative estimate of drug-likeness (QED) is 0.606. The lowest BCUT2D eigenvalue weighted by Gasteiger charge is -2.43. The number of carbonyl (C=O) groups is 1. The third-order valence-corrected chi connectivity index (χ3v) is 4.80. The Morgan fingerprint density at radius 3 is 2.82 bits per heavy atom. The Balaban J connectivity index is 1.93. The van der Waals surface area contributed by atoms with E-state index in [0.717, 1.165) is 5.69 Å². The Morgan fingerprint density at radius 1 is 1.43 bits per heavy atom. The van der Waals surface area contributed by atoms with E-state index < -0.39 is 5.60 Å². The summed E-state index contributed by atoms with van der Waals surface area (Å²) in [5.41, 5.74) is 14.2. The topological polar surface area (TPSA) is 118 Å². The Kier molecular flexibility index (Phi) is 5.20. The highest BCUT2D eigenvalue weighted by Crippen LogP contribution is 2.33. The Morgan fingerprint density at radius 2 is 2.14 bits per heavy atom. The maximum atomic E-state index is 12.4. The number of phenols is 1. The van der Waals surface area contributed by atoms with E-state index in [1.54, 1.807) is 35.2 Å². The first kappa shape index (κ1) is 19.6. The fraction of sp³-hybridized carbons (Fsp3) is 0.286. The van der Waals surface area contributed by atoms with Gasteiger partial charge in [-0.1, -0.05) is 18.7 Å². The van der Waals surface area contributed by atoms with E-state index in [-0.39, 0.29) is 17.7 Å². The number of phenolic OH excluding ortho intramolecular Hbond substituents is 1. The van der Waals surface area contributed by atoms with E-state index in [9.17, 15) is 9.90 Å². The largest absolute Gasteiger partial charge is 0.507 e. The van der Waals surface area contributed by atoms with Crippen LogP contribution < -0.4 is 11.5 Å². The van der Waals surface area contributed by atoms with Gasteiger partial charge >= 0.3 is 0 Å². The number of aromatic nitrogens is 1. The number of H-pyrrole nitrogens is 1. The fourth-order valence-electron chi connectivity index (χ4n) is 3.34. The highest BCUT2D eigenvalue weighted by atomic mass is 16.5. The van der Waals surface area contributed by atoms with E-state index >= 15 is 0 Å². The molecule has 28 heavy (non-hydrogen) atoms. The van der Waals surface area contributed by atoms with Crippen LogP contribution in [0.3, 0.4) is 0 Å². The van der Waals surface area contributed by atoms with Gasteiger partial charge in [0.2, 0.25) is 5.91 Å². The minimum Gasteiger partial charge on any atom is -0.507 e. The number of rotatable bonds is 4. The number of nitrogens with zero attached hydrogens (tertiary/aromatic N) is 1. The molecule has 0 bridgehead atoms. The van der Waals surface area contributed by atoms with Crippen LogP contribution in [0.15, 0.2) is 43.0 Å².